The Balaban J connectivity index is 4.78. The van der Waals surface area contributed by atoms with Gasteiger partial charge in [-0.3, -0.25) is 4.57 Å². The van der Waals surface area contributed by atoms with Gasteiger partial charge in [-0.2, -0.15) is 0 Å². The molecule has 5 heteroatoms. The van der Waals surface area contributed by atoms with Crippen LogP contribution in [0.1, 0.15) is 34.6 Å². The second kappa shape index (κ2) is 6.31. The van der Waals surface area contributed by atoms with Gasteiger partial charge in [-0.05, 0) is 34.6 Å². The second-order valence-corrected chi connectivity index (χ2v) is 5.67. The van der Waals surface area contributed by atoms with Crippen molar-refractivity contribution in [3.63, 3.8) is 0 Å². The Morgan fingerprint density at radius 1 is 1.20 bits per heavy atom. The molecule has 0 atom stereocenters. The molecule has 0 bridgehead atoms. The lowest BCUT2D eigenvalue weighted by molar-refractivity contribution is 0.149. The Bertz CT molecular complexity index is 247. The van der Waals surface area contributed by atoms with Crippen LogP contribution in [-0.4, -0.2) is 19.3 Å². The van der Waals surface area contributed by atoms with Gasteiger partial charge in [0.2, 0.25) is 0 Å². The van der Waals surface area contributed by atoms with E-state index in [1.807, 2.05) is 34.6 Å². The first-order valence-electron chi connectivity index (χ1n) is 5.13. The van der Waals surface area contributed by atoms with Crippen LogP contribution >= 0.6 is 7.60 Å². The van der Waals surface area contributed by atoms with Crippen molar-refractivity contribution in [1.82, 2.24) is 5.32 Å². The molecule has 0 aliphatic rings. The van der Waals surface area contributed by atoms with E-state index in [1.54, 1.807) is 7.05 Å². The van der Waals surface area contributed by atoms with Gasteiger partial charge in [0.05, 0.1) is 12.2 Å². The van der Waals surface area contributed by atoms with Gasteiger partial charge in [-0.25, -0.2) is 0 Å². The maximum atomic E-state index is 12.2. The van der Waals surface area contributed by atoms with E-state index in [1.165, 1.54) is 5.82 Å². The molecule has 0 spiro atoms. The summed E-state index contributed by atoms with van der Waals surface area (Å²) in [5.74, 6) is 1.52. The van der Waals surface area contributed by atoms with E-state index in [0.717, 1.165) is 5.70 Å². The average Bonchev–Trinajstić information content (AvgIpc) is 1.99. The summed E-state index contributed by atoms with van der Waals surface area (Å²) in [5, 5.41) is 2.90. The predicted molar refractivity (Wildman–Crippen MR) is 62.9 cm³/mol. The van der Waals surface area contributed by atoms with Gasteiger partial charge >= 0.3 is 7.60 Å². The molecule has 0 aliphatic carbocycles. The van der Waals surface area contributed by atoms with Crippen molar-refractivity contribution >= 4 is 7.60 Å². The smallest absolute Gasteiger partial charge is 0.356 e. The van der Waals surface area contributed by atoms with Crippen molar-refractivity contribution in [3.05, 3.63) is 11.5 Å². The molecule has 0 aliphatic heterocycles. The van der Waals surface area contributed by atoms with E-state index >= 15 is 0 Å². The van der Waals surface area contributed by atoms with Crippen LogP contribution in [-0.2, 0) is 13.6 Å². The summed E-state index contributed by atoms with van der Waals surface area (Å²) in [6, 6.07) is 0. The Morgan fingerprint density at radius 2 is 1.60 bits per heavy atom. The Hall–Kier alpha value is -0.310. The zero-order chi connectivity index (χ0) is 12.1. The van der Waals surface area contributed by atoms with Gasteiger partial charge in [0, 0.05) is 18.6 Å². The fourth-order valence-electron chi connectivity index (χ4n) is 0.975. The molecule has 0 heterocycles. The fourth-order valence-corrected chi connectivity index (χ4v) is 2.93. The summed E-state index contributed by atoms with van der Waals surface area (Å²) in [4.78, 5) is 0. The number of hydrogen-bond donors (Lipinski definition) is 1. The van der Waals surface area contributed by atoms with E-state index in [2.05, 4.69) is 5.32 Å². The average molecular weight is 235 g/mol. The van der Waals surface area contributed by atoms with Crippen LogP contribution in [0.2, 0.25) is 0 Å². The summed E-state index contributed by atoms with van der Waals surface area (Å²) in [6.07, 6.45) is -0.258. The maximum absolute atomic E-state index is 12.2. The molecular formula is C10H22NO3P. The predicted octanol–water partition coefficient (Wildman–Crippen LogP) is 3.11. The molecule has 0 amide bonds. The van der Waals surface area contributed by atoms with Crippen molar-refractivity contribution in [2.24, 2.45) is 0 Å². The van der Waals surface area contributed by atoms with Crippen LogP contribution in [0.3, 0.4) is 0 Å². The van der Waals surface area contributed by atoms with Crippen LogP contribution in [0.15, 0.2) is 11.5 Å². The highest BCUT2D eigenvalue weighted by Gasteiger charge is 2.24. The first-order valence-corrected chi connectivity index (χ1v) is 6.74. The highest BCUT2D eigenvalue weighted by molar-refractivity contribution is 7.57. The highest BCUT2D eigenvalue weighted by atomic mass is 31.2. The standard InChI is InChI=1S/C10H22NO3P/c1-8(2)13-15(12,14-9(3)4)7-10(5)11-6/h7-9,11H,1-6H3/b10-7+. The SMILES string of the molecule is CN/C(C)=C/P(=O)(OC(C)C)OC(C)C. The minimum Gasteiger partial charge on any atom is -0.391 e. The molecule has 90 valence electrons. The summed E-state index contributed by atoms with van der Waals surface area (Å²) in [5.41, 5.74) is 0.777. The lowest BCUT2D eigenvalue weighted by Crippen LogP contribution is -2.09. The molecule has 0 fully saturated rings. The Labute approximate surface area is 92.6 Å². The van der Waals surface area contributed by atoms with Crippen molar-refractivity contribution in [1.29, 1.82) is 0 Å². The Kier molecular flexibility index (Phi) is 6.18. The molecule has 0 aromatic carbocycles. The van der Waals surface area contributed by atoms with Gasteiger partial charge in [-0.1, -0.05) is 0 Å². The van der Waals surface area contributed by atoms with Gasteiger partial charge in [0.15, 0.2) is 0 Å². The number of nitrogens with one attached hydrogen (secondary N) is 1. The quantitative estimate of drug-likeness (QED) is 0.718. The lowest BCUT2D eigenvalue weighted by atomic mass is 10.5. The van der Waals surface area contributed by atoms with Crippen LogP contribution in [0.4, 0.5) is 0 Å². The summed E-state index contributed by atoms with van der Waals surface area (Å²) >= 11 is 0. The van der Waals surface area contributed by atoms with Gasteiger partial charge < -0.3 is 14.4 Å². The first kappa shape index (κ1) is 14.7. The molecule has 0 rings (SSSR count). The molecule has 0 saturated heterocycles. The van der Waals surface area contributed by atoms with Crippen molar-refractivity contribution < 1.29 is 13.6 Å². The normalized spacial score (nSPS) is 13.7. The van der Waals surface area contributed by atoms with E-state index in [0.29, 0.717) is 0 Å². The van der Waals surface area contributed by atoms with E-state index in [-0.39, 0.29) is 12.2 Å². The maximum Gasteiger partial charge on any atom is 0.356 e. The molecule has 4 nitrogen and oxygen atoms in total. The fraction of sp³-hybridized carbons (Fsp3) is 0.800. The molecule has 1 N–H and O–H groups in total. The zero-order valence-corrected chi connectivity index (χ0v) is 11.3. The molecule has 0 aromatic rings. The van der Waals surface area contributed by atoms with E-state index in [4.69, 9.17) is 9.05 Å². The molecule has 0 unspecified atom stereocenters. The second-order valence-electron chi connectivity index (χ2n) is 3.91. The van der Waals surface area contributed by atoms with Gasteiger partial charge in [0.25, 0.3) is 0 Å². The zero-order valence-electron chi connectivity index (χ0n) is 10.4. The first-order chi connectivity index (χ1) is 6.79. The lowest BCUT2D eigenvalue weighted by Gasteiger charge is -2.20. The largest absolute Gasteiger partial charge is 0.391 e. The monoisotopic (exact) mass is 235 g/mol. The number of allylic oxidation sites excluding steroid dienone is 1. The molecular weight excluding hydrogens is 213 g/mol. The van der Waals surface area contributed by atoms with Crippen LogP contribution in [0.5, 0.6) is 0 Å². The highest BCUT2D eigenvalue weighted by Crippen LogP contribution is 2.52. The third-order valence-electron chi connectivity index (χ3n) is 1.46. The third kappa shape index (κ3) is 6.72. The minimum atomic E-state index is -3.13. The van der Waals surface area contributed by atoms with Crippen LogP contribution < -0.4 is 5.32 Å². The molecule has 0 saturated carbocycles. The van der Waals surface area contributed by atoms with Crippen LogP contribution in [0.25, 0.3) is 0 Å². The molecule has 0 aromatic heterocycles. The van der Waals surface area contributed by atoms with E-state index < -0.39 is 7.60 Å². The molecule has 15 heavy (non-hydrogen) atoms. The summed E-state index contributed by atoms with van der Waals surface area (Å²) in [7, 11) is -1.36. The number of rotatable bonds is 6. The van der Waals surface area contributed by atoms with Crippen molar-refractivity contribution in [3.8, 4) is 0 Å². The summed E-state index contributed by atoms with van der Waals surface area (Å²) < 4.78 is 22.9. The van der Waals surface area contributed by atoms with Gasteiger partial charge in [-0.15, -0.1) is 0 Å². The Morgan fingerprint density at radius 3 is 1.87 bits per heavy atom. The van der Waals surface area contributed by atoms with Gasteiger partial charge in [0.1, 0.15) is 0 Å². The molecule has 0 radical (unpaired) electrons. The number of hydrogen-bond acceptors (Lipinski definition) is 4. The summed E-state index contributed by atoms with van der Waals surface area (Å²) in [6.45, 7) is 9.15. The van der Waals surface area contributed by atoms with Crippen molar-refractivity contribution in [2.75, 3.05) is 7.05 Å². The van der Waals surface area contributed by atoms with Crippen molar-refractivity contribution in [2.45, 2.75) is 46.8 Å². The third-order valence-corrected chi connectivity index (χ3v) is 3.60. The topological polar surface area (TPSA) is 47.6 Å². The van der Waals surface area contributed by atoms with Crippen LogP contribution in [0, 0.1) is 0 Å². The van der Waals surface area contributed by atoms with E-state index in [9.17, 15) is 4.57 Å². The minimum absolute atomic E-state index is 0.129.